The van der Waals surface area contributed by atoms with Gasteiger partial charge >= 0.3 is 5.97 Å². The number of carbonyl (C=O) groups excluding carboxylic acids is 2. The van der Waals surface area contributed by atoms with Gasteiger partial charge in [-0.15, -0.1) is 0 Å². The summed E-state index contributed by atoms with van der Waals surface area (Å²) in [6.45, 7) is 19.5. The summed E-state index contributed by atoms with van der Waals surface area (Å²) in [5.41, 5.74) is 2.41. The largest absolute Gasteiger partial charge is 0.460 e. The quantitative estimate of drug-likeness (QED) is 0.261. The summed E-state index contributed by atoms with van der Waals surface area (Å²) in [6.07, 6.45) is 6.64. The third-order valence-corrected chi connectivity index (χ3v) is 12.5. The van der Waals surface area contributed by atoms with Crippen LogP contribution in [-0.4, -0.2) is 40.8 Å². The summed E-state index contributed by atoms with van der Waals surface area (Å²) < 4.78 is 11.7. The lowest BCUT2D eigenvalue weighted by Crippen LogP contribution is -2.65. The molecular weight excluding hydrogens is 464 g/mol. The minimum atomic E-state index is -0.389. The Morgan fingerprint density at radius 2 is 1.73 bits per heavy atom. The molecule has 1 N–H and O–H groups in total. The summed E-state index contributed by atoms with van der Waals surface area (Å²) in [5, 5.41) is 11.9. The smallest absolute Gasteiger partial charge is 0.302 e. The number of esters is 1. The molecule has 0 aromatic heterocycles. The topological polar surface area (TPSA) is 76.1 Å². The molecule has 9 atom stereocenters. The molecular formula is C32H50O5. The molecule has 37 heavy (non-hydrogen) atoms. The van der Waals surface area contributed by atoms with Gasteiger partial charge in [-0.1, -0.05) is 52.7 Å². The third kappa shape index (κ3) is 3.84. The highest BCUT2D eigenvalue weighted by Gasteiger charge is 2.69. The number of ketones is 1. The lowest BCUT2D eigenvalue weighted by Gasteiger charge is -2.69. The number of carbonyl (C=O) groups is 2. The third-order valence-electron chi connectivity index (χ3n) is 12.5. The van der Waals surface area contributed by atoms with Crippen LogP contribution in [0.15, 0.2) is 11.1 Å². The standard InChI is InChI=1S/C32H50O5/c1-18(16-23(36-19(2)33)27-29(5,6)37-27)20-10-14-31(8)21(20)17-22(34)26-30(7)13-12-25(35)28(3,4)24(30)11-15-32(26,31)9/h18,22-24,26-27,34H,10-17H2,1-9H3/t18?,22?,23?,24?,26-,27?,30-,31-,32-/m0/s1. The highest BCUT2D eigenvalue weighted by atomic mass is 16.6. The van der Waals surface area contributed by atoms with Crippen LogP contribution in [0, 0.1) is 39.4 Å². The van der Waals surface area contributed by atoms with Crippen molar-refractivity contribution in [2.24, 2.45) is 39.4 Å². The first kappa shape index (κ1) is 27.4. The van der Waals surface area contributed by atoms with Crippen molar-refractivity contribution in [3.05, 3.63) is 11.1 Å². The number of hydrogen-bond donors (Lipinski definition) is 1. The van der Waals surface area contributed by atoms with Crippen molar-refractivity contribution in [2.75, 3.05) is 0 Å². The normalized spacial score (nSPS) is 45.4. The summed E-state index contributed by atoms with van der Waals surface area (Å²) >= 11 is 0. The summed E-state index contributed by atoms with van der Waals surface area (Å²) in [6, 6.07) is 0. The molecule has 4 aliphatic carbocycles. The Hall–Kier alpha value is -1.20. The molecule has 1 saturated heterocycles. The Bertz CT molecular complexity index is 1020. The number of allylic oxidation sites excluding steroid dienone is 1. The maximum Gasteiger partial charge on any atom is 0.302 e. The van der Waals surface area contributed by atoms with Gasteiger partial charge < -0.3 is 14.6 Å². The second-order valence-electron chi connectivity index (χ2n) is 15.2. The predicted octanol–water partition coefficient (Wildman–Crippen LogP) is 6.41. The summed E-state index contributed by atoms with van der Waals surface area (Å²) in [5.74, 6) is 0.947. The van der Waals surface area contributed by atoms with Crippen molar-refractivity contribution in [3.8, 4) is 0 Å². The van der Waals surface area contributed by atoms with Gasteiger partial charge in [0.15, 0.2) is 0 Å². The van der Waals surface area contributed by atoms with Gasteiger partial charge in [-0.3, -0.25) is 9.59 Å². The highest BCUT2D eigenvalue weighted by molar-refractivity contribution is 5.85. The van der Waals surface area contributed by atoms with Crippen molar-refractivity contribution in [1.82, 2.24) is 0 Å². The van der Waals surface area contributed by atoms with Crippen molar-refractivity contribution in [1.29, 1.82) is 0 Å². The summed E-state index contributed by atoms with van der Waals surface area (Å²) in [4.78, 5) is 24.8. The highest BCUT2D eigenvalue weighted by Crippen LogP contribution is 2.74. The van der Waals surface area contributed by atoms with Gasteiger partial charge in [-0.05, 0) is 92.8 Å². The van der Waals surface area contributed by atoms with E-state index in [9.17, 15) is 14.7 Å². The van der Waals surface area contributed by atoms with E-state index in [1.807, 2.05) is 0 Å². The van der Waals surface area contributed by atoms with Crippen LogP contribution >= 0.6 is 0 Å². The average Bonchev–Trinajstić information content (AvgIpc) is 3.27. The monoisotopic (exact) mass is 514 g/mol. The molecule has 0 amide bonds. The Kier molecular flexibility index (Phi) is 6.21. The van der Waals surface area contributed by atoms with Crippen molar-refractivity contribution in [2.45, 2.75) is 138 Å². The molecule has 1 heterocycles. The van der Waals surface area contributed by atoms with E-state index in [1.54, 1.807) is 0 Å². The summed E-state index contributed by atoms with van der Waals surface area (Å²) in [7, 11) is 0. The molecule has 4 fully saturated rings. The van der Waals surface area contributed by atoms with E-state index in [0.29, 0.717) is 18.1 Å². The van der Waals surface area contributed by atoms with Gasteiger partial charge in [0.25, 0.3) is 0 Å². The van der Waals surface area contributed by atoms with Gasteiger partial charge in [-0.25, -0.2) is 0 Å². The zero-order valence-corrected chi connectivity index (χ0v) is 24.7. The fraction of sp³-hybridized carbons (Fsp3) is 0.875. The van der Waals surface area contributed by atoms with E-state index in [4.69, 9.17) is 9.47 Å². The lowest BCUT2D eigenvalue weighted by atomic mass is 9.36. The number of rotatable bonds is 5. The first-order valence-electron chi connectivity index (χ1n) is 14.8. The Balaban J connectivity index is 1.46. The molecule has 5 heteroatoms. The van der Waals surface area contributed by atoms with Crippen LogP contribution in [0.2, 0.25) is 0 Å². The van der Waals surface area contributed by atoms with Gasteiger partial charge in [-0.2, -0.15) is 0 Å². The van der Waals surface area contributed by atoms with Crippen LogP contribution < -0.4 is 0 Å². The lowest BCUT2D eigenvalue weighted by molar-refractivity contribution is -0.208. The van der Waals surface area contributed by atoms with E-state index in [1.165, 1.54) is 18.1 Å². The molecule has 3 saturated carbocycles. The zero-order valence-electron chi connectivity index (χ0n) is 24.7. The van der Waals surface area contributed by atoms with E-state index < -0.39 is 0 Å². The van der Waals surface area contributed by atoms with Gasteiger partial charge in [0.1, 0.15) is 18.0 Å². The maximum atomic E-state index is 12.9. The number of aliphatic hydroxyl groups excluding tert-OH is 1. The number of aliphatic hydroxyl groups is 1. The minimum Gasteiger partial charge on any atom is -0.460 e. The van der Waals surface area contributed by atoms with Crippen molar-refractivity contribution in [3.63, 3.8) is 0 Å². The number of epoxide rings is 1. The van der Waals surface area contributed by atoms with E-state index >= 15 is 0 Å². The molecule has 0 aromatic rings. The molecule has 5 nitrogen and oxygen atoms in total. The zero-order chi connectivity index (χ0) is 27.3. The van der Waals surface area contributed by atoms with Crippen molar-refractivity contribution >= 4 is 11.8 Å². The fourth-order valence-electron chi connectivity index (χ4n) is 10.4. The number of hydrogen-bond acceptors (Lipinski definition) is 5. The van der Waals surface area contributed by atoms with E-state index in [2.05, 4.69) is 55.4 Å². The van der Waals surface area contributed by atoms with Crippen LogP contribution in [0.1, 0.15) is 114 Å². The molecule has 5 aliphatic rings. The second-order valence-corrected chi connectivity index (χ2v) is 15.2. The maximum absolute atomic E-state index is 12.9. The average molecular weight is 515 g/mol. The van der Waals surface area contributed by atoms with Crippen LogP contribution in [0.4, 0.5) is 0 Å². The molecule has 5 unspecified atom stereocenters. The molecule has 0 radical (unpaired) electrons. The Morgan fingerprint density at radius 3 is 2.32 bits per heavy atom. The molecule has 0 aromatic carbocycles. The Labute approximate surface area is 224 Å². The van der Waals surface area contributed by atoms with Gasteiger partial charge in [0.2, 0.25) is 0 Å². The van der Waals surface area contributed by atoms with Crippen LogP contribution in [0.5, 0.6) is 0 Å². The second kappa shape index (κ2) is 8.40. The molecule has 1 aliphatic heterocycles. The van der Waals surface area contributed by atoms with Gasteiger partial charge in [0.05, 0.1) is 11.7 Å². The fourth-order valence-corrected chi connectivity index (χ4v) is 10.4. The van der Waals surface area contributed by atoms with Gasteiger partial charge in [0, 0.05) is 18.8 Å². The number of fused-ring (bicyclic) bond motifs is 5. The van der Waals surface area contributed by atoms with Crippen LogP contribution in [0.3, 0.4) is 0 Å². The minimum absolute atomic E-state index is 0.0000676. The Morgan fingerprint density at radius 1 is 1.08 bits per heavy atom. The first-order valence-corrected chi connectivity index (χ1v) is 14.8. The van der Waals surface area contributed by atoms with Crippen LogP contribution in [-0.2, 0) is 19.1 Å². The molecule has 0 bridgehead atoms. The van der Waals surface area contributed by atoms with Crippen LogP contribution in [0.25, 0.3) is 0 Å². The predicted molar refractivity (Wildman–Crippen MR) is 144 cm³/mol. The number of Topliss-reactive ketones (excluding diaryl/α,β-unsaturated/α-hetero) is 1. The molecule has 0 spiro atoms. The molecule has 208 valence electrons. The van der Waals surface area contributed by atoms with E-state index in [0.717, 1.165) is 44.9 Å². The van der Waals surface area contributed by atoms with E-state index in [-0.39, 0.29) is 63.4 Å². The SMILES string of the molecule is CC(=O)OC(CC(C)C1=C2CC(O)[C@H]3[C@@]4(C)CCC(=O)C(C)(C)C4CC[C@]3(C)[C@@]2(C)CC1)C1OC1(C)C. The van der Waals surface area contributed by atoms with Crippen molar-refractivity contribution < 1.29 is 24.2 Å². The first-order chi connectivity index (χ1) is 17.0. The molecule has 5 rings (SSSR count). The number of ether oxygens (including phenoxy) is 2.